The molecule has 1 aliphatic heterocycles. The van der Waals surface area contributed by atoms with E-state index in [1.807, 2.05) is 26.0 Å². The van der Waals surface area contributed by atoms with Crippen molar-refractivity contribution in [3.8, 4) is 0 Å². The number of rotatable bonds is 3. The van der Waals surface area contributed by atoms with E-state index in [4.69, 9.17) is 14.2 Å². The molecule has 1 heterocycles. The van der Waals surface area contributed by atoms with E-state index >= 15 is 0 Å². The molecule has 1 aromatic rings. The Kier molecular flexibility index (Phi) is 4.07. The monoisotopic (exact) mass is 265 g/mol. The van der Waals surface area contributed by atoms with Crippen molar-refractivity contribution in [3.05, 3.63) is 29.8 Å². The van der Waals surface area contributed by atoms with Gasteiger partial charge >= 0.3 is 5.97 Å². The SMILES string of the molecule is COC(=O)c1ccccc1NC1COC(C)(C)OC1. The Morgan fingerprint density at radius 1 is 1.32 bits per heavy atom. The molecular formula is C14H19NO4. The van der Waals surface area contributed by atoms with Gasteiger partial charge < -0.3 is 19.5 Å². The number of esters is 1. The van der Waals surface area contributed by atoms with Crippen molar-refractivity contribution in [3.63, 3.8) is 0 Å². The molecule has 1 saturated heterocycles. The summed E-state index contributed by atoms with van der Waals surface area (Å²) in [5, 5.41) is 3.25. The number of nitrogens with one attached hydrogen (secondary N) is 1. The van der Waals surface area contributed by atoms with Crippen LogP contribution >= 0.6 is 0 Å². The molecule has 5 nitrogen and oxygen atoms in total. The number of benzene rings is 1. The number of carbonyl (C=O) groups is 1. The standard InChI is InChI=1S/C14H19NO4/c1-14(2)18-8-10(9-19-14)15-12-7-5-4-6-11(12)13(16)17-3/h4-7,10,15H,8-9H2,1-3H3. The normalized spacial score (nSPS) is 18.9. The highest BCUT2D eigenvalue weighted by Crippen LogP contribution is 2.22. The Labute approximate surface area is 112 Å². The maximum atomic E-state index is 11.7. The van der Waals surface area contributed by atoms with Crippen LogP contribution in [0.15, 0.2) is 24.3 Å². The van der Waals surface area contributed by atoms with Gasteiger partial charge in [-0.05, 0) is 26.0 Å². The van der Waals surface area contributed by atoms with E-state index in [0.29, 0.717) is 18.8 Å². The first-order chi connectivity index (χ1) is 9.02. The van der Waals surface area contributed by atoms with Gasteiger partial charge in [0.2, 0.25) is 0 Å². The molecular weight excluding hydrogens is 246 g/mol. The molecule has 2 rings (SSSR count). The number of carbonyl (C=O) groups excluding carboxylic acids is 1. The summed E-state index contributed by atoms with van der Waals surface area (Å²) in [6, 6.07) is 7.24. The molecule has 0 aromatic heterocycles. The van der Waals surface area contributed by atoms with Crippen LogP contribution in [0.3, 0.4) is 0 Å². The second-order valence-electron chi connectivity index (χ2n) is 4.90. The van der Waals surface area contributed by atoms with Gasteiger partial charge in [-0.2, -0.15) is 0 Å². The zero-order valence-corrected chi connectivity index (χ0v) is 11.4. The van der Waals surface area contributed by atoms with Crippen LogP contribution in [0.4, 0.5) is 5.69 Å². The van der Waals surface area contributed by atoms with Crippen LogP contribution < -0.4 is 5.32 Å². The van der Waals surface area contributed by atoms with E-state index in [2.05, 4.69) is 5.32 Å². The van der Waals surface area contributed by atoms with Gasteiger partial charge in [0.15, 0.2) is 5.79 Å². The van der Waals surface area contributed by atoms with Crippen LogP contribution in [0, 0.1) is 0 Å². The van der Waals surface area contributed by atoms with Crippen molar-refractivity contribution in [1.29, 1.82) is 0 Å². The number of para-hydroxylation sites is 1. The Bertz CT molecular complexity index is 449. The summed E-state index contributed by atoms with van der Waals surface area (Å²) >= 11 is 0. The molecule has 0 amide bonds. The van der Waals surface area contributed by atoms with Crippen LogP contribution in [0.1, 0.15) is 24.2 Å². The molecule has 19 heavy (non-hydrogen) atoms. The lowest BCUT2D eigenvalue weighted by Gasteiger charge is -2.35. The Balaban J connectivity index is 2.06. The lowest BCUT2D eigenvalue weighted by Crippen LogP contribution is -2.45. The van der Waals surface area contributed by atoms with Gasteiger partial charge in [0, 0.05) is 5.69 Å². The van der Waals surface area contributed by atoms with E-state index < -0.39 is 5.79 Å². The van der Waals surface area contributed by atoms with E-state index in [9.17, 15) is 4.79 Å². The molecule has 1 N–H and O–H groups in total. The van der Waals surface area contributed by atoms with Crippen LogP contribution in [0.2, 0.25) is 0 Å². The van der Waals surface area contributed by atoms with Gasteiger partial charge in [-0.25, -0.2) is 4.79 Å². The van der Waals surface area contributed by atoms with E-state index in [1.165, 1.54) is 7.11 Å². The van der Waals surface area contributed by atoms with Crippen molar-refractivity contribution < 1.29 is 19.0 Å². The van der Waals surface area contributed by atoms with Crippen LogP contribution in [-0.2, 0) is 14.2 Å². The molecule has 5 heteroatoms. The van der Waals surface area contributed by atoms with Gasteiger partial charge in [0.05, 0.1) is 31.9 Å². The molecule has 0 spiro atoms. The fourth-order valence-corrected chi connectivity index (χ4v) is 1.89. The molecule has 0 atom stereocenters. The minimum Gasteiger partial charge on any atom is -0.465 e. The lowest BCUT2D eigenvalue weighted by atomic mass is 10.1. The summed E-state index contributed by atoms with van der Waals surface area (Å²) in [4.78, 5) is 11.7. The molecule has 1 aliphatic rings. The van der Waals surface area contributed by atoms with Gasteiger partial charge in [-0.1, -0.05) is 12.1 Å². The quantitative estimate of drug-likeness (QED) is 0.847. The highest BCUT2D eigenvalue weighted by molar-refractivity contribution is 5.95. The zero-order valence-electron chi connectivity index (χ0n) is 11.4. The van der Waals surface area contributed by atoms with Gasteiger partial charge in [-0.3, -0.25) is 0 Å². The molecule has 0 aliphatic carbocycles. The second-order valence-corrected chi connectivity index (χ2v) is 4.90. The number of hydrogen-bond acceptors (Lipinski definition) is 5. The fourth-order valence-electron chi connectivity index (χ4n) is 1.89. The maximum Gasteiger partial charge on any atom is 0.339 e. The van der Waals surface area contributed by atoms with Crippen LogP contribution in [0.5, 0.6) is 0 Å². The first-order valence-corrected chi connectivity index (χ1v) is 6.23. The lowest BCUT2D eigenvalue weighted by molar-refractivity contribution is -0.247. The highest BCUT2D eigenvalue weighted by atomic mass is 16.7. The molecule has 104 valence electrons. The van der Waals surface area contributed by atoms with Crippen molar-refractivity contribution >= 4 is 11.7 Å². The van der Waals surface area contributed by atoms with E-state index in [-0.39, 0.29) is 12.0 Å². The average Bonchev–Trinajstić information content (AvgIpc) is 2.41. The zero-order chi connectivity index (χ0) is 13.9. The summed E-state index contributed by atoms with van der Waals surface area (Å²) < 4.78 is 15.9. The van der Waals surface area contributed by atoms with Gasteiger partial charge in [0.1, 0.15) is 0 Å². The molecule has 0 unspecified atom stereocenters. The summed E-state index contributed by atoms with van der Waals surface area (Å²) in [5.41, 5.74) is 1.24. The molecule has 1 aromatic carbocycles. The molecule has 0 radical (unpaired) electrons. The van der Waals surface area contributed by atoms with Gasteiger partial charge in [0.25, 0.3) is 0 Å². The summed E-state index contributed by atoms with van der Waals surface area (Å²) in [6.07, 6.45) is 0. The van der Waals surface area contributed by atoms with E-state index in [0.717, 1.165) is 5.69 Å². The predicted octanol–water partition coefficient (Wildman–Crippen LogP) is 2.04. The first-order valence-electron chi connectivity index (χ1n) is 6.23. The number of methoxy groups -OCH3 is 1. The van der Waals surface area contributed by atoms with Crippen LogP contribution in [-0.4, -0.2) is 38.1 Å². The van der Waals surface area contributed by atoms with Crippen molar-refractivity contribution in [2.24, 2.45) is 0 Å². The predicted molar refractivity (Wildman–Crippen MR) is 71.2 cm³/mol. The third kappa shape index (κ3) is 3.45. The Morgan fingerprint density at radius 2 is 1.95 bits per heavy atom. The molecule has 0 saturated carbocycles. The highest BCUT2D eigenvalue weighted by Gasteiger charge is 2.28. The summed E-state index contributed by atoms with van der Waals surface area (Å²) in [6.45, 7) is 4.82. The second kappa shape index (κ2) is 5.59. The first kappa shape index (κ1) is 13.8. The Hall–Kier alpha value is -1.59. The Morgan fingerprint density at radius 3 is 2.58 bits per heavy atom. The average molecular weight is 265 g/mol. The van der Waals surface area contributed by atoms with Gasteiger partial charge in [-0.15, -0.1) is 0 Å². The molecule has 0 bridgehead atoms. The van der Waals surface area contributed by atoms with Crippen molar-refractivity contribution in [2.45, 2.75) is 25.7 Å². The summed E-state index contributed by atoms with van der Waals surface area (Å²) in [7, 11) is 1.37. The number of ether oxygens (including phenoxy) is 3. The van der Waals surface area contributed by atoms with Crippen LogP contribution in [0.25, 0.3) is 0 Å². The third-order valence-electron chi connectivity index (χ3n) is 2.96. The topological polar surface area (TPSA) is 56.8 Å². The fraction of sp³-hybridized carbons (Fsp3) is 0.500. The minimum absolute atomic E-state index is 0.0128. The molecule has 1 fully saturated rings. The maximum absolute atomic E-state index is 11.7. The largest absolute Gasteiger partial charge is 0.465 e. The van der Waals surface area contributed by atoms with Crippen molar-refractivity contribution in [2.75, 3.05) is 25.6 Å². The number of hydrogen-bond donors (Lipinski definition) is 1. The number of anilines is 1. The smallest absolute Gasteiger partial charge is 0.339 e. The summed E-state index contributed by atoms with van der Waals surface area (Å²) in [5.74, 6) is -0.902. The third-order valence-corrected chi connectivity index (χ3v) is 2.96. The minimum atomic E-state index is -0.542. The van der Waals surface area contributed by atoms with Crippen molar-refractivity contribution in [1.82, 2.24) is 0 Å². The van der Waals surface area contributed by atoms with E-state index in [1.54, 1.807) is 12.1 Å².